The van der Waals surface area contributed by atoms with Gasteiger partial charge in [-0.2, -0.15) is 15.0 Å². The number of amides is 1. The summed E-state index contributed by atoms with van der Waals surface area (Å²) in [6, 6.07) is 1.37. The second kappa shape index (κ2) is 4.24. The number of carboxylic acid groups (broad SMARTS) is 1. The van der Waals surface area contributed by atoms with Crippen molar-refractivity contribution in [1.82, 2.24) is 9.97 Å². The minimum Gasteiger partial charge on any atom is -0.479 e. The summed E-state index contributed by atoms with van der Waals surface area (Å²) in [6.07, 6.45) is -1.52. The van der Waals surface area contributed by atoms with Crippen LogP contribution in [-0.2, 0) is 0 Å². The molecule has 0 atom stereocenters. The Labute approximate surface area is 104 Å². The Balaban J connectivity index is 2.79. The molecule has 2 rings (SSSR count). The molecular weight excluding hydrogens is 267 g/mol. The van der Waals surface area contributed by atoms with E-state index >= 15 is 0 Å². The van der Waals surface area contributed by atoms with Gasteiger partial charge in [0.05, 0.1) is 10.5 Å². The quantitative estimate of drug-likeness (QED) is 0.412. The molecule has 1 heterocycles. The molecule has 94 valence electrons. The van der Waals surface area contributed by atoms with Crippen molar-refractivity contribution in [3.8, 4) is 6.01 Å². The van der Waals surface area contributed by atoms with Crippen molar-refractivity contribution >= 4 is 34.4 Å². The van der Waals surface area contributed by atoms with Crippen molar-refractivity contribution in [2.24, 2.45) is 5.84 Å². The minimum atomic E-state index is -1.52. The lowest BCUT2D eigenvalue weighted by molar-refractivity contribution is 0.201. The van der Waals surface area contributed by atoms with E-state index in [1.54, 1.807) is 0 Å². The van der Waals surface area contributed by atoms with E-state index in [2.05, 4.69) is 9.97 Å². The van der Waals surface area contributed by atoms with Crippen LogP contribution in [-0.4, -0.2) is 26.3 Å². The van der Waals surface area contributed by atoms with Crippen molar-refractivity contribution in [2.75, 3.05) is 5.01 Å². The molecule has 1 amide bonds. The lowest BCUT2D eigenvalue weighted by atomic mass is 10.2. The Kier molecular flexibility index (Phi) is 2.89. The molecule has 0 unspecified atom stereocenters. The molecule has 2 aromatic rings. The molecule has 0 saturated heterocycles. The van der Waals surface area contributed by atoms with Crippen LogP contribution in [0.1, 0.15) is 0 Å². The molecule has 1 aromatic heterocycles. The molecule has 9 heteroatoms. The summed E-state index contributed by atoms with van der Waals surface area (Å²) < 4.78 is 13.3. The Morgan fingerprint density at radius 2 is 2.11 bits per heavy atom. The van der Waals surface area contributed by atoms with Crippen LogP contribution in [0.3, 0.4) is 0 Å². The zero-order valence-corrected chi connectivity index (χ0v) is 9.39. The van der Waals surface area contributed by atoms with E-state index in [0.717, 1.165) is 12.1 Å². The third-order valence-corrected chi connectivity index (χ3v) is 2.43. The summed E-state index contributed by atoms with van der Waals surface area (Å²) in [4.78, 5) is 17.8. The number of rotatable bonds is 1. The molecule has 0 spiro atoms. The van der Waals surface area contributed by atoms with Crippen molar-refractivity contribution in [3.63, 3.8) is 0 Å². The number of hydrazine groups is 1. The summed E-state index contributed by atoms with van der Waals surface area (Å²) in [6.45, 7) is 0. The van der Waals surface area contributed by atoms with Gasteiger partial charge >= 0.3 is 12.1 Å². The van der Waals surface area contributed by atoms with Gasteiger partial charge in [0, 0.05) is 5.39 Å². The molecule has 1 aromatic carbocycles. The first-order valence-corrected chi connectivity index (χ1v) is 4.91. The van der Waals surface area contributed by atoms with Crippen LogP contribution in [0.5, 0.6) is 6.01 Å². The number of aromatic nitrogens is 2. The zero-order valence-electron chi connectivity index (χ0n) is 8.63. The van der Waals surface area contributed by atoms with Crippen LogP contribution in [0.15, 0.2) is 12.1 Å². The maximum Gasteiger partial charge on any atom is 0.427 e. The molecule has 0 fully saturated rings. The Morgan fingerprint density at radius 1 is 1.44 bits per heavy atom. The molecule has 0 aliphatic rings. The maximum atomic E-state index is 13.3. The van der Waals surface area contributed by atoms with Crippen molar-refractivity contribution in [2.45, 2.75) is 0 Å². The predicted octanol–water partition coefficient (Wildman–Crippen LogP) is 1.49. The number of fused-ring (bicyclic) bond motifs is 1. The van der Waals surface area contributed by atoms with E-state index < -0.39 is 17.9 Å². The lowest BCUT2D eigenvalue weighted by Gasteiger charge is -2.13. The van der Waals surface area contributed by atoms with E-state index in [1.165, 1.54) is 0 Å². The van der Waals surface area contributed by atoms with Gasteiger partial charge in [-0.3, -0.25) is 0 Å². The molecule has 18 heavy (non-hydrogen) atoms. The molecule has 0 aliphatic carbocycles. The molecule has 0 aliphatic heterocycles. The van der Waals surface area contributed by atoms with Gasteiger partial charge in [-0.15, -0.1) is 0 Å². The summed E-state index contributed by atoms with van der Waals surface area (Å²) in [5.41, 5.74) is 0.0700. The number of hydrogen-bond acceptors (Lipinski definition) is 5. The second-order valence-corrected chi connectivity index (χ2v) is 3.69. The second-order valence-electron chi connectivity index (χ2n) is 3.28. The van der Waals surface area contributed by atoms with Gasteiger partial charge in [-0.1, -0.05) is 11.6 Å². The molecule has 7 nitrogen and oxygen atoms in total. The molecule has 0 bridgehead atoms. The zero-order chi connectivity index (χ0) is 13.4. The highest BCUT2D eigenvalue weighted by Gasteiger charge is 2.18. The fraction of sp³-hybridized carbons (Fsp3) is 0. The number of halogens is 2. The van der Waals surface area contributed by atoms with E-state index in [9.17, 15) is 14.3 Å². The fourth-order valence-electron chi connectivity index (χ4n) is 1.37. The van der Waals surface area contributed by atoms with Gasteiger partial charge in [0.15, 0.2) is 5.82 Å². The van der Waals surface area contributed by atoms with Crippen LogP contribution in [0, 0.1) is 5.82 Å². The third kappa shape index (κ3) is 1.98. The molecule has 4 N–H and O–H groups in total. The number of benzene rings is 1. The van der Waals surface area contributed by atoms with E-state index in [-0.39, 0.29) is 26.8 Å². The third-order valence-electron chi connectivity index (χ3n) is 2.14. The van der Waals surface area contributed by atoms with Crippen LogP contribution < -0.4 is 10.9 Å². The first-order valence-electron chi connectivity index (χ1n) is 4.53. The number of anilines is 1. The van der Waals surface area contributed by atoms with Gasteiger partial charge in [0.1, 0.15) is 5.82 Å². The molecule has 0 saturated carbocycles. The number of nitrogens with zero attached hydrogens (tertiary/aromatic N) is 3. The first kappa shape index (κ1) is 12.3. The van der Waals surface area contributed by atoms with Gasteiger partial charge in [-0.25, -0.2) is 15.0 Å². The number of hydrogen-bond donors (Lipinski definition) is 3. The fourth-order valence-corrected chi connectivity index (χ4v) is 1.53. The molecule has 0 radical (unpaired) electrons. The smallest absolute Gasteiger partial charge is 0.427 e. The van der Waals surface area contributed by atoms with E-state index in [1.807, 2.05) is 0 Å². The largest absolute Gasteiger partial charge is 0.479 e. The van der Waals surface area contributed by atoms with E-state index in [4.69, 9.17) is 22.6 Å². The van der Waals surface area contributed by atoms with Gasteiger partial charge < -0.3 is 10.2 Å². The summed E-state index contributed by atoms with van der Waals surface area (Å²) in [5, 5.41) is 18.1. The normalized spacial score (nSPS) is 10.6. The van der Waals surface area contributed by atoms with Crippen LogP contribution >= 0.6 is 11.6 Å². The highest BCUT2D eigenvalue weighted by Crippen LogP contribution is 2.28. The minimum absolute atomic E-state index is 0.0135. The number of carbonyl (C=O) groups is 1. The monoisotopic (exact) mass is 272 g/mol. The number of aromatic hydroxyl groups is 1. The standard InChI is InChI=1S/C9H6ClFN4O3/c10-4-2-6-3(1-5(4)11)7(14-8(16)13-6)15(12)9(17)18/h1-2H,12H2,(H,17,18)(H,13,14,16). The maximum absolute atomic E-state index is 13.3. The predicted molar refractivity (Wildman–Crippen MR) is 60.9 cm³/mol. The first-order chi connectivity index (χ1) is 8.40. The van der Waals surface area contributed by atoms with Crippen molar-refractivity contribution < 1.29 is 19.4 Å². The Morgan fingerprint density at radius 3 is 2.72 bits per heavy atom. The Hall–Kier alpha value is -2.19. The van der Waals surface area contributed by atoms with Crippen LogP contribution in [0.25, 0.3) is 10.9 Å². The highest BCUT2D eigenvalue weighted by atomic mass is 35.5. The van der Waals surface area contributed by atoms with E-state index in [0.29, 0.717) is 0 Å². The average molecular weight is 273 g/mol. The summed E-state index contributed by atoms with van der Waals surface area (Å²) >= 11 is 5.56. The highest BCUT2D eigenvalue weighted by molar-refractivity contribution is 6.31. The SMILES string of the molecule is NN(C(=O)O)c1nc(O)nc2cc(Cl)c(F)cc12. The van der Waals surface area contributed by atoms with Gasteiger partial charge in [-0.05, 0) is 12.1 Å². The summed E-state index contributed by atoms with van der Waals surface area (Å²) in [5.74, 6) is 4.11. The topological polar surface area (TPSA) is 113 Å². The lowest BCUT2D eigenvalue weighted by Crippen LogP contribution is -2.37. The van der Waals surface area contributed by atoms with Gasteiger partial charge in [0.2, 0.25) is 0 Å². The van der Waals surface area contributed by atoms with Crippen LogP contribution in [0.2, 0.25) is 5.02 Å². The van der Waals surface area contributed by atoms with Gasteiger partial charge in [0.25, 0.3) is 0 Å². The summed E-state index contributed by atoms with van der Waals surface area (Å²) in [7, 11) is 0. The number of nitrogens with two attached hydrogens (primary N) is 1. The van der Waals surface area contributed by atoms with Crippen molar-refractivity contribution in [1.29, 1.82) is 0 Å². The molecular formula is C9H6ClFN4O3. The average Bonchev–Trinajstić information content (AvgIpc) is 2.29. The van der Waals surface area contributed by atoms with Crippen molar-refractivity contribution in [3.05, 3.63) is 23.0 Å². The van der Waals surface area contributed by atoms with Crippen LogP contribution in [0.4, 0.5) is 15.0 Å². The Bertz CT molecular complexity index is 651.